The molecule has 130 valence electrons. The molecule has 1 aliphatic rings. The van der Waals surface area contributed by atoms with Gasteiger partial charge in [0.2, 0.25) is 0 Å². The standard InChI is InChI=1S/C20H24N4O/c1-15-21-6-8-24(15)14-16-3-2-7-23(12-16)13-17-9-18-4-5-19(25)10-20(18)22-11-17/h4-6,8-11,16,25H,2-3,7,12-14H2,1H3/t16-/m0/s1. The minimum Gasteiger partial charge on any atom is -0.508 e. The molecule has 0 aliphatic carbocycles. The molecular formula is C20H24N4O. The first-order valence-electron chi connectivity index (χ1n) is 8.95. The Balaban J connectivity index is 1.43. The van der Waals surface area contributed by atoms with Crippen molar-refractivity contribution in [2.24, 2.45) is 5.92 Å². The van der Waals surface area contributed by atoms with E-state index in [1.165, 1.54) is 18.4 Å². The molecule has 0 bridgehead atoms. The number of aromatic nitrogens is 3. The van der Waals surface area contributed by atoms with E-state index in [2.05, 4.69) is 38.6 Å². The van der Waals surface area contributed by atoms with E-state index >= 15 is 0 Å². The molecule has 0 spiro atoms. The highest BCUT2D eigenvalue weighted by Gasteiger charge is 2.21. The van der Waals surface area contributed by atoms with Crippen LogP contribution in [-0.4, -0.2) is 37.6 Å². The SMILES string of the molecule is Cc1nccn1C[C@H]1CCCN(Cc2cnc3cc(O)ccc3c2)C1. The minimum absolute atomic E-state index is 0.265. The third kappa shape index (κ3) is 3.66. The van der Waals surface area contributed by atoms with Crippen LogP contribution < -0.4 is 0 Å². The van der Waals surface area contributed by atoms with Crippen LogP contribution in [0.3, 0.4) is 0 Å². The Morgan fingerprint density at radius 1 is 1.24 bits per heavy atom. The number of phenolic OH excluding ortho intramolecular Hbond substituents is 1. The van der Waals surface area contributed by atoms with Crippen LogP contribution in [0.2, 0.25) is 0 Å². The van der Waals surface area contributed by atoms with Crippen molar-refractivity contribution < 1.29 is 5.11 Å². The molecule has 3 aromatic rings. The highest BCUT2D eigenvalue weighted by molar-refractivity contribution is 5.80. The molecule has 25 heavy (non-hydrogen) atoms. The second kappa shape index (κ2) is 6.84. The van der Waals surface area contributed by atoms with Crippen molar-refractivity contribution >= 4 is 10.9 Å². The van der Waals surface area contributed by atoms with Gasteiger partial charge in [-0.05, 0) is 56.0 Å². The van der Waals surface area contributed by atoms with Gasteiger partial charge in [-0.1, -0.05) is 0 Å². The van der Waals surface area contributed by atoms with E-state index in [9.17, 15) is 5.11 Å². The zero-order chi connectivity index (χ0) is 17.2. The molecule has 0 amide bonds. The Morgan fingerprint density at radius 3 is 3.00 bits per heavy atom. The number of piperidine rings is 1. The maximum atomic E-state index is 9.56. The van der Waals surface area contributed by atoms with E-state index < -0.39 is 0 Å². The molecule has 5 nitrogen and oxygen atoms in total. The van der Waals surface area contributed by atoms with Crippen LogP contribution >= 0.6 is 0 Å². The van der Waals surface area contributed by atoms with Crippen molar-refractivity contribution in [3.05, 3.63) is 54.2 Å². The van der Waals surface area contributed by atoms with Crippen LogP contribution in [0, 0.1) is 12.8 Å². The molecular weight excluding hydrogens is 312 g/mol. The Bertz CT molecular complexity index is 873. The number of nitrogens with zero attached hydrogens (tertiary/aromatic N) is 4. The van der Waals surface area contributed by atoms with E-state index in [1.54, 1.807) is 12.1 Å². The number of rotatable bonds is 4. The highest BCUT2D eigenvalue weighted by Crippen LogP contribution is 2.23. The van der Waals surface area contributed by atoms with Crippen molar-refractivity contribution in [2.75, 3.05) is 13.1 Å². The van der Waals surface area contributed by atoms with Crippen molar-refractivity contribution in [3.63, 3.8) is 0 Å². The zero-order valence-corrected chi connectivity index (χ0v) is 14.6. The second-order valence-corrected chi connectivity index (χ2v) is 7.09. The first-order valence-corrected chi connectivity index (χ1v) is 8.95. The molecule has 1 N–H and O–H groups in total. The number of aryl methyl sites for hydroxylation is 1. The van der Waals surface area contributed by atoms with Crippen molar-refractivity contribution in [1.82, 2.24) is 19.4 Å². The largest absolute Gasteiger partial charge is 0.508 e. The lowest BCUT2D eigenvalue weighted by molar-refractivity contribution is 0.155. The normalized spacial score (nSPS) is 18.7. The summed E-state index contributed by atoms with van der Waals surface area (Å²) in [5.74, 6) is 2.03. The summed E-state index contributed by atoms with van der Waals surface area (Å²) in [5.41, 5.74) is 2.08. The smallest absolute Gasteiger partial charge is 0.117 e. The number of hydrogen-bond acceptors (Lipinski definition) is 4. The van der Waals surface area contributed by atoms with Gasteiger partial charge in [-0.2, -0.15) is 0 Å². The molecule has 3 heterocycles. The molecule has 1 aliphatic heterocycles. The summed E-state index contributed by atoms with van der Waals surface area (Å²) in [4.78, 5) is 11.4. The van der Waals surface area contributed by atoms with Gasteiger partial charge in [0.05, 0.1) is 5.52 Å². The van der Waals surface area contributed by atoms with Crippen molar-refractivity contribution in [2.45, 2.75) is 32.9 Å². The summed E-state index contributed by atoms with van der Waals surface area (Å²) in [6, 6.07) is 7.55. The van der Waals surface area contributed by atoms with Gasteiger partial charge in [-0.15, -0.1) is 0 Å². The maximum Gasteiger partial charge on any atom is 0.117 e. The molecule has 0 unspecified atom stereocenters. The first-order chi connectivity index (χ1) is 12.2. The van der Waals surface area contributed by atoms with E-state index in [1.807, 2.05) is 18.5 Å². The van der Waals surface area contributed by atoms with Crippen LogP contribution in [0.1, 0.15) is 24.2 Å². The fourth-order valence-electron chi connectivity index (χ4n) is 3.82. The Kier molecular flexibility index (Phi) is 4.40. The summed E-state index contributed by atoms with van der Waals surface area (Å²) >= 11 is 0. The number of hydrogen-bond donors (Lipinski definition) is 1. The third-order valence-electron chi connectivity index (χ3n) is 5.11. The number of benzene rings is 1. The van der Waals surface area contributed by atoms with E-state index in [-0.39, 0.29) is 5.75 Å². The predicted molar refractivity (Wildman–Crippen MR) is 98.4 cm³/mol. The van der Waals surface area contributed by atoms with E-state index in [0.29, 0.717) is 5.92 Å². The van der Waals surface area contributed by atoms with Crippen molar-refractivity contribution in [3.8, 4) is 5.75 Å². The lowest BCUT2D eigenvalue weighted by Gasteiger charge is -2.33. The quantitative estimate of drug-likeness (QED) is 0.794. The van der Waals surface area contributed by atoms with Gasteiger partial charge in [0.25, 0.3) is 0 Å². The average molecular weight is 336 g/mol. The van der Waals surface area contributed by atoms with Crippen molar-refractivity contribution in [1.29, 1.82) is 0 Å². The third-order valence-corrected chi connectivity index (χ3v) is 5.11. The van der Waals surface area contributed by atoms with Crippen LogP contribution in [0.15, 0.2) is 42.9 Å². The number of fused-ring (bicyclic) bond motifs is 1. The molecule has 1 saturated heterocycles. The lowest BCUT2D eigenvalue weighted by atomic mass is 9.97. The van der Waals surface area contributed by atoms with Gasteiger partial charge in [-0.25, -0.2) is 4.98 Å². The summed E-state index contributed by atoms with van der Waals surface area (Å²) in [6.07, 6.45) is 8.42. The van der Waals surface area contributed by atoms with Crippen LogP contribution in [0.25, 0.3) is 10.9 Å². The molecule has 2 aromatic heterocycles. The molecule has 1 aromatic carbocycles. The maximum absolute atomic E-state index is 9.56. The monoisotopic (exact) mass is 336 g/mol. The Morgan fingerprint density at radius 2 is 2.16 bits per heavy atom. The van der Waals surface area contributed by atoms with Gasteiger partial charge < -0.3 is 9.67 Å². The lowest BCUT2D eigenvalue weighted by Crippen LogP contribution is -2.36. The number of likely N-dealkylation sites (tertiary alicyclic amines) is 1. The molecule has 0 saturated carbocycles. The second-order valence-electron chi connectivity index (χ2n) is 7.09. The zero-order valence-electron chi connectivity index (χ0n) is 14.6. The fraction of sp³-hybridized carbons (Fsp3) is 0.400. The molecule has 4 rings (SSSR count). The number of pyridine rings is 1. The minimum atomic E-state index is 0.265. The van der Waals surface area contributed by atoms with Gasteiger partial charge in [-0.3, -0.25) is 9.88 Å². The number of imidazole rings is 1. The van der Waals surface area contributed by atoms with Gasteiger partial charge >= 0.3 is 0 Å². The van der Waals surface area contributed by atoms with E-state index in [0.717, 1.165) is 42.9 Å². The van der Waals surface area contributed by atoms with E-state index in [4.69, 9.17) is 0 Å². The van der Waals surface area contributed by atoms with Gasteiger partial charge in [0, 0.05) is 49.7 Å². The van der Waals surface area contributed by atoms with Crippen LogP contribution in [-0.2, 0) is 13.1 Å². The predicted octanol–water partition coefficient (Wildman–Crippen LogP) is 3.36. The van der Waals surface area contributed by atoms with Gasteiger partial charge in [0.1, 0.15) is 11.6 Å². The summed E-state index contributed by atoms with van der Waals surface area (Å²) < 4.78 is 2.26. The molecule has 0 radical (unpaired) electrons. The molecule has 1 fully saturated rings. The molecule has 1 atom stereocenters. The Labute approximate surface area is 147 Å². The first kappa shape index (κ1) is 16.1. The van der Waals surface area contributed by atoms with Gasteiger partial charge in [0.15, 0.2) is 0 Å². The fourth-order valence-corrected chi connectivity index (χ4v) is 3.82. The highest BCUT2D eigenvalue weighted by atomic mass is 16.3. The van der Waals surface area contributed by atoms with Crippen LogP contribution in [0.5, 0.6) is 5.75 Å². The number of phenols is 1. The summed E-state index contributed by atoms with van der Waals surface area (Å²) in [5, 5.41) is 10.6. The average Bonchev–Trinajstić information content (AvgIpc) is 3.00. The summed E-state index contributed by atoms with van der Waals surface area (Å²) in [7, 11) is 0. The summed E-state index contributed by atoms with van der Waals surface area (Å²) in [6.45, 7) is 6.32. The van der Waals surface area contributed by atoms with Crippen LogP contribution in [0.4, 0.5) is 0 Å². The topological polar surface area (TPSA) is 54.2 Å². The Hall–Kier alpha value is -2.40. The number of aromatic hydroxyl groups is 1. The molecule has 5 heteroatoms.